The molecule has 0 fully saturated rings. The van der Waals surface area contributed by atoms with Crippen LogP contribution in [-0.2, 0) is 0 Å². The van der Waals surface area contributed by atoms with E-state index in [4.69, 9.17) is 0 Å². The first kappa shape index (κ1) is 16.4. The van der Waals surface area contributed by atoms with E-state index in [9.17, 15) is 0 Å². The monoisotopic (exact) mass is 237 g/mol. The topological polar surface area (TPSA) is 3.24 Å². The molecule has 0 unspecified atom stereocenters. The summed E-state index contributed by atoms with van der Waals surface area (Å²) < 4.78 is 0. The molecule has 0 atom stereocenters. The Morgan fingerprint density at radius 2 is 1.29 bits per heavy atom. The number of nitrogens with zero attached hydrogens (tertiary/aromatic N) is 1. The summed E-state index contributed by atoms with van der Waals surface area (Å²) in [5.74, 6) is 0. The van der Waals surface area contributed by atoms with Crippen LogP contribution in [0.15, 0.2) is 25.3 Å². The first-order valence-electron chi connectivity index (χ1n) is 7.21. The lowest BCUT2D eigenvalue weighted by atomic mass is 10.1. The SMILES string of the molecule is C=CCCCCCCCCCCN(C)CC=C. The minimum atomic E-state index is 1.02. The van der Waals surface area contributed by atoms with E-state index in [2.05, 4.69) is 25.1 Å². The number of hydrogen-bond donors (Lipinski definition) is 0. The molecule has 0 saturated carbocycles. The predicted molar refractivity (Wildman–Crippen MR) is 79.4 cm³/mol. The van der Waals surface area contributed by atoms with E-state index in [1.165, 1.54) is 64.3 Å². The van der Waals surface area contributed by atoms with Gasteiger partial charge in [0.25, 0.3) is 0 Å². The van der Waals surface area contributed by atoms with E-state index in [0.29, 0.717) is 0 Å². The summed E-state index contributed by atoms with van der Waals surface area (Å²) >= 11 is 0. The number of unbranched alkanes of at least 4 members (excludes halogenated alkanes) is 8. The molecule has 0 aromatic carbocycles. The summed E-state index contributed by atoms with van der Waals surface area (Å²) in [5, 5.41) is 0. The van der Waals surface area contributed by atoms with Gasteiger partial charge >= 0.3 is 0 Å². The fraction of sp³-hybridized carbons (Fsp3) is 0.750. The maximum absolute atomic E-state index is 3.75. The van der Waals surface area contributed by atoms with E-state index in [-0.39, 0.29) is 0 Å². The van der Waals surface area contributed by atoms with Crippen molar-refractivity contribution in [2.45, 2.75) is 57.8 Å². The van der Waals surface area contributed by atoms with Crippen LogP contribution in [0.2, 0.25) is 0 Å². The Morgan fingerprint density at radius 1 is 0.765 bits per heavy atom. The molecule has 17 heavy (non-hydrogen) atoms. The molecule has 0 aromatic heterocycles. The fourth-order valence-corrected chi connectivity index (χ4v) is 2.04. The minimum absolute atomic E-state index is 1.02. The third-order valence-electron chi connectivity index (χ3n) is 3.14. The second kappa shape index (κ2) is 13.5. The van der Waals surface area contributed by atoms with Gasteiger partial charge in [0.2, 0.25) is 0 Å². The van der Waals surface area contributed by atoms with Crippen LogP contribution in [0, 0.1) is 0 Å². The molecular weight excluding hydrogens is 206 g/mol. The average molecular weight is 237 g/mol. The smallest absolute Gasteiger partial charge is 0.0157 e. The minimum Gasteiger partial charge on any atom is -0.303 e. The summed E-state index contributed by atoms with van der Waals surface area (Å²) in [6, 6.07) is 0. The highest BCUT2D eigenvalue weighted by Gasteiger charge is 1.95. The second-order valence-corrected chi connectivity index (χ2v) is 4.96. The maximum atomic E-state index is 3.75. The van der Waals surface area contributed by atoms with Crippen molar-refractivity contribution in [2.24, 2.45) is 0 Å². The van der Waals surface area contributed by atoms with Gasteiger partial charge in [-0.2, -0.15) is 0 Å². The lowest BCUT2D eigenvalue weighted by Crippen LogP contribution is -2.19. The number of likely N-dealkylation sites (N-methyl/N-ethyl adjacent to an activating group) is 1. The molecule has 0 aliphatic carbocycles. The van der Waals surface area contributed by atoms with Crippen LogP contribution in [0.4, 0.5) is 0 Å². The van der Waals surface area contributed by atoms with E-state index in [1.54, 1.807) is 0 Å². The highest BCUT2D eigenvalue weighted by atomic mass is 15.1. The van der Waals surface area contributed by atoms with Gasteiger partial charge in [0, 0.05) is 6.54 Å². The zero-order valence-corrected chi connectivity index (χ0v) is 11.8. The Bertz CT molecular complexity index is 174. The summed E-state index contributed by atoms with van der Waals surface area (Å²) in [5.41, 5.74) is 0. The van der Waals surface area contributed by atoms with Crippen molar-refractivity contribution in [1.29, 1.82) is 0 Å². The van der Waals surface area contributed by atoms with Gasteiger partial charge in [-0.25, -0.2) is 0 Å². The van der Waals surface area contributed by atoms with Crippen molar-refractivity contribution in [1.82, 2.24) is 4.90 Å². The van der Waals surface area contributed by atoms with Crippen molar-refractivity contribution in [2.75, 3.05) is 20.1 Å². The first-order chi connectivity index (χ1) is 8.31. The molecule has 0 aromatic rings. The standard InChI is InChI=1S/C16H31N/c1-4-6-7-8-9-10-11-12-13-14-16-17(3)15-5-2/h4-5H,1-2,6-16H2,3H3. The lowest BCUT2D eigenvalue weighted by molar-refractivity contribution is 0.356. The lowest BCUT2D eigenvalue weighted by Gasteiger charge is -2.13. The fourth-order valence-electron chi connectivity index (χ4n) is 2.04. The van der Waals surface area contributed by atoms with Crippen LogP contribution >= 0.6 is 0 Å². The van der Waals surface area contributed by atoms with Crippen molar-refractivity contribution in [3.8, 4) is 0 Å². The zero-order valence-electron chi connectivity index (χ0n) is 11.8. The van der Waals surface area contributed by atoms with Gasteiger partial charge in [-0.15, -0.1) is 13.2 Å². The molecule has 0 bridgehead atoms. The summed E-state index contributed by atoms with van der Waals surface area (Å²) in [6.07, 6.45) is 16.3. The number of rotatable bonds is 13. The van der Waals surface area contributed by atoms with Crippen LogP contribution in [-0.4, -0.2) is 25.0 Å². The Labute approximate surface area is 109 Å². The molecule has 100 valence electrons. The molecule has 0 radical (unpaired) electrons. The van der Waals surface area contributed by atoms with Gasteiger partial charge in [0.15, 0.2) is 0 Å². The molecule has 0 aliphatic rings. The molecular formula is C16H31N. The second-order valence-electron chi connectivity index (χ2n) is 4.96. The molecule has 1 nitrogen and oxygen atoms in total. The predicted octanol–water partition coefficient (Wildman–Crippen LogP) is 4.80. The van der Waals surface area contributed by atoms with Crippen molar-refractivity contribution in [3.05, 3.63) is 25.3 Å². The molecule has 0 saturated heterocycles. The van der Waals surface area contributed by atoms with Gasteiger partial charge in [-0.05, 0) is 32.9 Å². The normalized spacial score (nSPS) is 10.7. The summed E-state index contributed by atoms with van der Waals surface area (Å²) in [7, 11) is 2.17. The third-order valence-corrected chi connectivity index (χ3v) is 3.14. The van der Waals surface area contributed by atoms with E-state index >= 15 is 0 Å². The van der Waals surface area contributed by atoms with E-state index in [0.717, 1.165) is 6.54 Å². The molecule has 0 rings (SSSR count). The van der Waals surface area contributed by atoms with E-state index in [1.807, 2.05) is 12.2 Å². The molecule has 0 amide bonds. The van der Waals surface area contributed by atoms with Crippen molar-refractivity contribution < 1.29 is 0 Å². The van der Waals surface area contributed by atoms with Crippen molar-refractivity contribution in [3.63, 3.8) is 0 Å². The molecule has 0 spiro atoms. The summed E-state index contributed by atoms with van der Waals surface area (Å²) in [6.45, 7) is 9.73. The number of allylic oxidation sites excluding steroid dienone is 1. The van der Waals surface area contributed by atoms with E-state index < -0.39 is 0 Å². The molecule has 1 heteroatoms. The quantitative estimate of drug-likeness (QED) is 0.328. The zero-order chi connectivity index (χ0) is 12.8. The maximum Gasteiger partial charge on any atom is 0.0157 e. The van der Waals surface area contributed by atoms with Gasteiger partial charge < -0.3 is 4.90 Å². The van der Waals surface area contributed by atoms with Gasteiger partial charge in [0.05, 0.1) is 0 Å². The van der Waals surface area contributed by atoms with Crippen LogP contribution in [0.25, 0.3) is 0 Å². The third kappa shape index (κ3) is 13.4. The van der Waals surface area contributed by atoms with Gasteiger partial charge in [-0.3, -0.25) is 0 Å². The molecule has 0 N–H and O–H groups in total. The van der Waals surface area contributed by atoms with Gasteiger partial charge in [-0.1, -0.05) is 50.7 Å². The molecule has 0 heterocycles. The number of hydrogen-bond acceptors (Lipinski definition) is 1. The van der Waals surface area contributed by atoms with Crippen LogP contribution in [0.1, 0.15) is 57.8 Å². The first-order valence-corrected chi connectivity index (χ1v) is 7.21. The summed E-state index contributed by atoms with van der Waals surface area (Å²) in [4.78, 5) is 2.34. The largest absolute Gasteiger partial charge is 0.303 e. The van der Waals surface area contributed by atoms with Crippen molar-refractivity contribution >= 4 is 0 Å². The Hall–Kier alpha value is -0.560. The highest BCUT2D eigenvalue weighted by molar-refractivity contribution is 4.70. The molecule has 0 aliphatic heterocycles. The Balaban J connectivity index is 3.03. The van der Waals surface area contributed by atoms with Crippen LogP contribution in [0.3, 0.4) is 0 Å². The van der Waals surface area contributed by atoms with Crippen LogP contribution < -0.4 is 0 Å². The highest BCUT2D eigenvalue weighted by Crippen LogP contribution is 2.09. The Kier molecular flexibility index (Phi) is 13.1. The Morgan fingerprint density at radius 3 is 1.82 bits per heavy atom. The van der Waals surface area contributed by atoms with Crippen LogP contribution in [0.5, 0.6) is 0 Å². The average Bonchev–Trinajstić information content (AvgIpc) is 2.32. The van der Waals surface area contributed by atoms with Gasteiger partial charge in [0.1, 0.15) is 0 Å².